The van der Waals surface area contributed by atoms with Gasteiger partial charge in [-0.05, 0) is 58.5 Å². The highest BCUT2D eigenvalue weighted by atomic mass is 32.2. The second kappa shape index (κ2) is 14.8. The van der Waals surface area contributed by atoms with E-state index >= 15 is 0 Å². The monoisotopic (exact) mass is 595 g/mol. The fourth-order valence-corrected chi connectivity index (χ4v) is 8.77. The number of ether oxygens (including phenoxy) is 1. The highest BCUT2D eigenvalue weighted by molar-refractivity contribution is 8.13. The first-order valence-corrected chi connectivity index (χ1v) is 19.1. The molecule has 0 aromatic rings. The maximum absolute atomic E-state index is 14.0. The summed E-state index contributed by atoms with van der Waals surface area (Å²) in [6.45, 7) is 23.9. The van der Waals surface area contributed by atoms with Crippen molar-refractivity contribution in [1.82, 2.24) is 4.90 Å². The Morgan fingerprint density at radius 2 is 1.47 bits per heavy atom. The Bertz CT molecular complexity index is 867. The van der Waals surface area contributed by atoms with Gasteiger partial charge in [-0.3, -0.25) is 14.5 Å². The van der Waals surface area contributed by atoms with E-state index in [0.717, 1.165) is 0 Å². The van der Waals surface area contributed by atoms with Crippen LogP contribution in [0.25, 0.3) is 0 Å². The second-order valence-corrected chi connectivity index (χ2v) is 18.9. The molecule has 4 atom stereocenters. The van der Waals surface area contributed by atoms with Crippen molar-refractivity contribution in [3.05, 3.63) is 0 Å². The number of hydrogen-bond acceptors (Lipinski definition) is 9. The van der Waals surface area contributed by atoms with E-state index in [2.05, 4.69) is 33.9 Å². The third-order valence-corrected chi connectivity index (χ3v) is 15.2. The first-order valence-electron chi connectivity index (χ1n) is 13.6. The van der Waals surface area contributed by atoms with Crippen LogP contribution in [-0.4, -0.2) is 80.0 Å². The SMILES string of the molecule is CCOC(=O)C(N1C(=O)[C@H]([C@@H](C)O[Si](C)(C)C(C)(C)C)[C@H]1[C@@H](C)C(=O)SCC)=P(OCC)(OCC)OCC. The third kappa shape index (κ3) is 7.74. The number of nitrogens with zero attached hydrogens (tertiary/aromatic N) is 1. The molecule has 0 aliphatic carbocycles. The van der Waals surface area contributed by atoms with Gasteiger partial charge in [0.2, 0.25) is 11.3 Å². The van der Waals surface area contributed by atoms with Crippen LogP contribution in [0.1, 0.15) is 69.2 Å². The van der Waals surface area contributed by atoms with E-state index in [9.17, 15) is 14.4 Å². The van der Waals surface area contributed by atoms with Gasteiger partial charge < -0.3 is 22.7 Å². The quantitative estimate of drug-likeness (QED) is 0.102. The van der Waals surface area contributed by atoms with Crippen LogP contribution in [0, 0.1) is 11.8 Å². The number of carbonyl (C=O) groups excluding carboxylic acids is 3. The zero-order chi connectivity index (χ0) is 29.5. The van der Waals surface area contributed by atoms with Crippen molar-refractivity contribution in [3.63, 3.8) is 0 Å². The zero-order valence-electron chi connectivity index (χ0n) is 25.4. The van der Waals surface area contributed by atoms with Crippen molar-refractivity contribution in [1.29, 1.82) is 0 Å². The number of carbonyl (C=O) groups is 3. The van der Waals surface area contributed by atoms with Crippen LogP contribution in [0.3, 0.4) is 0 Å². The molecule has 12 heteroatoms. The van der Waals surface area contributed by atoms with Crippen LogP contribution in [0.2, 0.25) is 18.1 Å². The molecule has 0 spiro atoms. The van der Waals surface area contributed by atoms with Crippen LogP contribution in [0.5, 0.6) is 0 Å². The summed E-state index contributed by atoms with van der Waals surface area (Å²) in [7, 11) is -5.74. The number of likely N-dealkylation sites (tertiary alicyclic amines) is 1. The molecule has 1 aliphatic heterocycles. The number of amides is 1. The molecular weight excluding hydrogens is 545 g/mol. The highest BCUT2D eigenvalue weighted by Crippen LogP contribution is 2.56. The van der Waals surface area contributed by atoms with Gasteiger partial charge in [0.25, 0.3) is 7.57 Å². The predicted molar refractivity (Wildman–Crippen MR) is 158 cm³/mol. The maximum Gasteiger partial charge on any atom is 0.362 e. The lowest BCUT2D eigenvalue weighted by atomic mass is 9.77. The predicted octanol–water partition coefficient (Wildman–Crippen LogP) is 5.70. The Labute approximate surface area is 235 Å². The van der Waals surface area contributed by atoms with E-state index in [1.165, 1.54) is 16.7 Å². The summed E-state index contributed by atoms with van der Waals surface area (Å²) in [6.07, 6.45) is -0.464. The van der Waals surface area contributed by atoms with Crippen molar-refractivity contribution in [2.24, 2.45) is 11.8 Å². The fraction of sp³-hybridized carbons (Fsp3) is 0.846. The Kier molecular flexibility index (Phi) is 13.8. The minimum atomic E-state index is -3.50. The smallest absolute Gasteiger partial charge is 0.362 e. The molecular formula is C26H50NO8PSSi. The number of β-lactam (4-membered cyclic amide) rings is 1. The lowest BCUT2D eigenvalue weighted by Gasteiger charge is -2.53. The number of esters is 1. The van der Waals surface area contributed by atoms with Crippen molar-refractivity contribution in [2.75, 3.05) is 32.2 Å². The summed E-state index contributed by atoms with van der Waals surface area (Å²) >= 11 is 1.20. The molecule has 1 rings (SSSR count). The van der Waals surface area contributed by atoms with E-state index in [-0.39, 0.29) is 47.9 Å². The summed E-state index contributed by atoms with van der Waals surface area (Å²) in [4.78, 5) is 42.1. The van der Waals surface area contributed by atoms with Gasteiger partial charge in [-0.25, -0.2) is 4.79 Å². The molecule has 0 aromatic carbocycles. The van der Waals surface area contributed by atoms with Gasteiger partial charge in [0.1, 0.15) is 0 Å². The summed E-state index contributed by atoms with van der Waals surface area (Å²) in [5.74, 6) is -1.67. The normalized spacial score (nSPS) is 20.1. The molecule has 0 radical (unpaired) electrons. The van der Waals surface area contributed by atoms with Gasteiger partial charge in [0.15, 0.2) is 13.4 Å². The largest absolute Gasteiger partial charge is 0.461 e. The Balaban J connectivity index is 3.84. The van der Waals surface area contributed by atoms with Crippen LogP contribution in [0.4, 0.5) is 0 Å². The van der Waals surface area contributed by atoms with Crippen molar-refractivity contribution >= 4 is 50.1 Å². The first-order chi connectivity index (χ1) is 17.6. The van der Waals surface area contributed by atoms with Crippen molar-refractivity contribution < 1.29 is 37.1 Å². The van der Waals surface area contributed by atoms with Crippen LogP contribution in [0.15, 0.2) is 0 Å². The van der Waals surface area contributed by atoms with E-state index in [0.29, 0.717) is 5.75 Å². The molecule has 222 valence electrons. The highest BCUT2D eigenvalue weighted by Gasteiger charge is 2.59. The molecule has 1 aliphatic rings. The summed E-state index contributed by atoms with van der Waals surface area (Å²) in [5.41, 5.74) is -0.0863. The minimum absolute atomic E-state index is 0.0594. The van der Waals surface area contributed by atoms with Gasteiger partial charge in [0, 0.05) is 5.92 Å². The lowest BCUT2D eigenvalue weighted by molar-refractivity contribution is -0.160. The van der Waals surface area contributed by atoms with E-state index in [4.69, 9.17) is 22.7 Å². The molecule has 1 amide bonds. The summed E-state index contributed by atoms with van der Waals surface area (Å²) in [6, 6.07) is -0.644. The number of hydrogen-bond donors (Lipinski definition) is 0. The Morgan fingerprint density at radius 3 is 1.87 bits per heavy atom. The molecule has 1 fully saturated rings. The van der Waals surface area contributed by atoms with Gasteiger partial charge in [-0.15, -0.1) is 0 Å². The molecule has 1 saturated heterocycles. The fourth-order valence-electron chi connectivity index (χ4n) is 4.26. The maximum atomic E-state index is 14.0. The van der Waals surface area contributed by atoms with Crippen molar-refractivity contribution in [2.45, 2.75) is 99.5 Å². The van der Waals surface area contributed by atoms with E-state index in [1.54, 1.807) is 34.6 Å². The van der Waals surface area contributed by atoms with Crippen molar-refractivity contribution in [3.8, 4) is 0 Å². The van der Waals surface area contributed by atoms with Gasteiger partial charge in [0.05, 0.1) is 44.5 Å². The molecule has 0 saturated carbocycles. The molecule has 9 nitrogen and oxygen atoms in total. The molecule has 0 unspecified atom stereocenters. The van der Waals surface area contributed by atoms with Crippen LogP contribution < -0.4 is 0 Å². The average Bonchev–Trinajstić information content (AvgIpc) is 2.79. The van der Waals surface area contributed by atoms with Gasteiger partial charge in [-0.2, -0.15) is 0 Å². The van der Waals surface area contributed by atoms with Gasteiger partial charge >= 0.3 is 5.97 Å². The average molecular weight is 596 g/mol. The summed E-state index contributed by atoms with van der Waals surface area (Å²) < 4.78 is 30.1. The van der Waals surface area contributed by atoms with E-state index in [1.807, 2.05) is 13.8 Å². The first kappa shape index (κ1) is 35.3. The minimum Gasteiger partial charge on any atom is -0.461 e. The number of thioether (sulfide) groups is 1. The topological polar surface area (TPSA) is 101 Å². The molecule has 0 N–H and O–H groups in total. The zero-order valence-corrected chi connectivity index (χ0v) is 28.1. The number of rotatable bonds is 15. The van der Waals surface area contributed by atoms with E-state index < -0.39 is 45.8 Å². The molecule has 0 aromatic heterocycles. The molecule has 38 heavy (non-hydrogen) atoms. The van der Waals surface area contributed by atoms with Crippen LogP contribution >= 0.6 is 19.3 Å². The standard InChI is InChI=1S/C26H50NO8PSSi/c1-13-31-24(29)23(36(32-14-2,33-15-3)34-16-4)27-21(18(6)25(30)37-17-5)20(22(27)28)19(7)35-38(11,12)26(8,9)10/h18-21H,13-17H2,1-12H3/t18-,19-,20-,21-/m1/s1. The summed E-state index contributed by atoms with van der Waals surface area (Å²) in [5, 5.41) is -0.124. The Hall–Kier alpha value is -0.683. The van der Waals surface area contributed by atoms with Crippen LogP contribution in [-0.2, 0) is 37.1 Å². The molecule has 1 heterocycles. The lowest BCUT2D eigenvalue weighted by Crippen LogP contribution is -2.71. The molecule has 0 bridgehead atoms. The second-order valence-electron chi connectivity index (χ2n) is 10.6. The van der Waals surface area contributed by atoms with Gasteiger partial charge in [-0.1, -0.05) is 46.4 Å². The Morgan fingerprint density at radius 1 is 0.974 bits per heavy atom. The third-order valence-electron chi connectivity index (χ3n) is 6.99.